The second kappa shape index (κ2) is 7.78. The predicted molar refractivity (Wildman–Crippen MR) is 100 cm³/mol. The van der Waals surface area contributed by atoms with Crippen LogP contribution in [0.5, 0.6) is 0 Å². The molecule has 1 unspecified atom stereocenters. The van der Waals surface area contributed by atoms with Gasteiger partial charge in [-0.3, -0.25) is 14.4 Å². The molecule has 0 bridgehead atoms. The maximum atomic E-state index is 12.4. The van der Waals surface area contributed by atoms with Crippen molar-refractivity contribution in [3.63, 3.8) is 0 Å². The van der Waals surface area contributed by atoms with Crippen LogP contribution in [0.15, 0.2) is 55.1 Å². The van der Waals surface area contributed by atoms with Crippen molar-refractivity contribution in [2.24, 2.45) is 0 Å². The topological polar surface area (TPSA) is 74.7 Å². The summed E-state index contributed by atoms with van der Waals surface area (Å²) in [6.07, 6.45) is 1.24. The number of amides is 1. The molecule has 1 amide bonds. The first-order valence-corrected chi connectivity index (χ1v) is 8.12. The van der Waals surface area contributed by atoms with E-state index in [2.05, 4.69) is 6.58 Å². The molecule has 0 spiro atoms. The highest BCUT2D eigenvalue weighted by Crippen LogP contribution is 2.30. The average Bonchev–Trinajstić information content (AvgIpc) is 2.65. The van der Waals surface area contributed by atoms with E-state index in [0.29, 0.717) is 27.8 Å². The Kier molecular flexibility index (Phi) is 5.72. The van der Waals surface area contributed by atoms with Gasteiger partial charge in [0.2, 0.25) is 0 Å². The molecular formula is C21H21NO4. The first-order valence-electron chi connectivity index (χ1n) is 8.12. The van der Waals surface area contributed by atoms with Gasteiger partial charge >= 0.3 is 5.97 Å². The summed E-state index contributed by atoms with van der Waals surface area (Å²) in [4.78, 5) is 37.5. The highest BCUT2D eigenvalue weighted by atomic mass is 16.4. The van der Waals surface area contributed by atoms with Crippen LogP contribution in [0.25, 0.3) is 11.1 Å². The van der Waals surface area contributed by atoms with Crippen molar-refractivity contribution < 1.29 is 19.5 Å². The van der Waals surface area contributed by atoms with Crippen LogP contribution in [-0.2, 0) is 4.79 Å². The van der Waals surface area contributed by atoms with Crippen LogP contribution in [0.2, 0.25) is 0 Å². The monoisotopic (exact) mass is 351 g/mol. The Morgan fingerprint density at radius 2 is 1.73 bits per heavy atom. The minimum Gasteiger partial charge on any atom is -0.481 e. The molecule has 1 N–H and O–H groups in total. The zero-order valence-corrected chi connectivity index (χ0v) is 15.0. The molecule has 0 heterocycles. The fourth-order valence-corrected chi connectivity index (χ4v) is 2.72. The molecule has 5 heteroatoms. The van der Waals surface area contributed by atoms with Gasteiger partial charge < -0.3 is 10.0 Å². The molecule has 0 aliphatic heterocycles. The Morgan fingerprint density at radius 1 is 1.08 bits per heavy atom. The average molecular weight is 351 g/mol. The van der Waals surface area contributed by atoms with Crippen LogP contribution in [0, 0.1) is 0 Å². The van der Waals surface area contributed by atoms with Crippen LogP contribution >= 0.6 is 0 Å². The third-order valence-electron chi connectivity index (χ3n) is 4.21. The number of ketones is 1. The Bertz CT molecular complexity index is 883. The number of carboxylic acid groups (broad SMARTS) is 1. The van der Waals surface area contributed by atoms with E-state index in [4.69, 9.17) is 0 Å². The van der Waals surface area contributed by atoms with Crippen molar-refractivity contribution in [3.05, 3.63) is 71.8 Å². The second-order valence-electron chi connectivity index (χ2n) is 6.18. The first-order chi connectivity index (χ1) is 12.3. The Morgan fingerprint density at radius 3 is 2.31 bits per heavy atom. The van der Waals surface area contributed by atoms with Crippen molar-refractivity contribution in [3.8, 4) is 11.1 Å². The Labute approximate surface area is 152 Å². The van der Waals surface area contributed by atoms with Gasteiger partial charge in [0, 0.05) is 25.2 Å². The minimum absolute atomic E-state index is 0.220. The van der Waals surface area contributed by atoms with Crippen molar-refractivity contribution in [2.75, 3.05) is 14.1 Å². The molecule has 0 aliphatic rings. The van der Waals surface area contributed by atoms with Gasteiger partial charge in [-0.25, -0.2) is 0 Å². The third kappa shape index (κ3) is 3.72. The van der Waals surface area contributed by atoms with Crippen molar-refractivity contribution in [1.82, 2.24) is 4.90 Å². The van der Waals surface area contributed by atoms with Crippen LogP contribution in [0.1, 0.15) is 39.1 Å². The van der Waals surface area contributed by atoms with Crippen molar-refractivity contribution >= 4 is 17.7 Å². The van der Waals surface area contributed by atoms with Gasteiger partial charge in [-0.15, -0.1) is 0 Å². The van der Waals surface area contributed by atoms with E-state index in [0.717, 1.165) is 0 Å². The third-order valence-corrected chi connectivity index (χ3v) is 4.21. The number of carboxylic acids is 1. The standard InChI is InChI=1S/C21H21NO4/c1-5-19(23)16-9-7-6-8-15(16)14-10-11-17(20(24)22(3)4)18(12-14)13(2)21(25)26/h5-13H,1H2,2-4H3,(H,25,26). The van der Waals surface area contributed by atoms with Gasteiger partial charge in [0.1, 0.15) is 0 Å². The number of aliphatic carboxylic acids is 1. The molecule has 0 radical (unpaired) electrons. The quantitative estimate of drug-likeness (QED) is 0.637. The summed E-state index contributed by atoms with van der Waals surface area (Å²) in [6, 6.07) is 12.0. The van der Waals surface area contributed by atoms with E-state index in [1.807, 2.05) is 0 Å². The first kappa shape index (κ1) is 19.1. The lowest BCUT2D eigenvalue weighted by molar-refractivity contribution is -0.138. The van der Waals surface area contributed by atoms with Crippen molar-refractivity contribution in [1.29, 1.82) is 0 Å². The highest BCUT2D eigenvalue weighted by molar-refractivity contribution is 6.09. The fraction of sp³-hybridized carbons (Fsp3) is 0.190. The van der Waals surface area contributed by atoms with Gasteiger partial charge in [-0.05, 0) is 41.8 Å². The number of benzene rings is 2. The zero-order chi connectivity index (χ0) is 19.4. The van der Waals surface area contributed by atoms with Gasteiger partial charge in [0.15, 0.2) is 5.78 Å². The summed E-state index contributed by atoms with van der Waals surface area (Å²) in [6.45, 7) is 5.06. The molecule has 0 aromatic heterocycles. The van der Waals surface area contributed by atoms with Gasteiger partial charge in [-0.2, -0.15) is 0 Å². The SMILES string of the molecule is C=CC(=O)c1ccccc1-c1ccc(C(=O)N(C)C)c(C(C)C(=O)O)c1. The number of carbonyl (C=O) groups is 3. The molecule has 0 fully saturated rings. The zero-order valence-electron chi connectivity index (χ0n) is 15.0. The van der Waals surface area contributed by atoms with E-state index < -0.39 is 11.9 Å². The summed E-state index contributed by atoms with van der Waals surface area (Å²) in [5.41, 5.74) is 2.56. The van der Waals surface area contributed by atoms with E-state index in [1.54, 1.807) is 56.6 Å². The van der Waals surface area contributed by atoms with Crippen LogP contribution < -0.4 is 0 Å². The van der Waals surface area contributed by atoms with Crippen molar-refractivity contribution in [2.45, 2.75) is 12.8 Å². The minimum atomic E-state index is -1.02. The normalized spacial score (nSPS) is 11.5. The molecule has 5 nitrogen and oxygen atoms in total. The smallest absolute Gasteiger partial charge is 0.310 e. The number of hydrogen-bond donors (Lipinski definition) is 1. The molecule has 2 aromatic rings. The maximum Gasteiger partial charge on any atom is 0.310 e. The number of carbonyl (C=O) groups excluding carboxylic acids is 2. The number of allylic oxidation sites excluding steroid dienone is 1. The Balaban J connectivity index is 2.69. The Hall–Kier alpha value is -3.21. The molecule has 134 valence electrons. The maximum absolute atomic E-state index is 12.4. The number of nitrogens with zero attached hydrogens (tertiary/aromatic N) is 1. The van der Waals surface area contributed by atoms with E-state index in [-0.39, 0.29) is 11.7 Å². The van der Waals surface area contributed by atoms with Crippen LogP contribution in [-0.4, -0.2) is 41.8 Å². The summed E-state index contributed by atoms with van der Waals surface area (Å²) in [7, 11) is 3.23. The predicted octanol–water partition coefficient (Wildman–Crippen LogP) is 3.61. The fourth-order valence-electron chi connectivity index (χ4n) is 2.72. The lowest BCUT2D eigenvalue weighted by Crippen LogP contribution is -2.24. The lowest BCUT2D eigenvalue weighted by atomic mass is 9.89. The largest absolute Gasteiger partial charge is 0.481 e. The highest BCUT2D eigenvalue weighted by Gasteiger charge is 2.23. The number of rotatable bonds is 6. The molecular weight excluding hydrogens is 330 g/mol. The van der Waals surface area contributed by atoms with Gasteiger partial charge in [0.05, 0.1) is 5.92 Å². The summed E-state index contributed by atoms with van der Waals surface area (Å²) in [5.74, 6) is -2.38. The van der Waals surface area contributed by atoms with Gasteiger partial charge in [0.25, 0.3) is 5.91 Å². The summed E-state index contributed by atoms with van der Waals surface area (Å²) >= 11 is 0. The molecule has 0 saturated heterocycles. The van der Waals surface area contributed by atoms with Crippen LogP contribution in [0.4, 0.5) is 0 Å². The summed E-state index contributed by atoms with van der Waals surface area (Å²) < 4.78 is 0. The van der Waals surface area contributed by atoms with E-state index in [9.17, 15) is 19.5 Å². The molecule has 0 aliphatic carbocycles. The molecule has 1 atom stereocenters. The second-order valence-corrected chi connectivity index (χ2v) is 6.18. The van der Waals surface area contributed by atoms with E-state index in [1.165, 1.54) is 17.9 Å². The van der Waals surface area contributed by atoms with Gasteiger partial charge in [-0.1, -0.05) is 36.9 Å². The van der Waals surface area contributed by atoms with Crippen LogP contribution in [0.3, 0.4) is 0 Å². The summed E-state index contributed by atoms with van der Waals surface area (Å²) in [5, 5.41) is 9.43. The molecule has 26 heavy (non-hydrogen) atoms. The molecule has 0 saturated carbocycles. The molecule has 2 rings (SSSR count). The molecule has 2 aromatic carbocycles. The lowest BCUT2D eigenvalue weighted by Gasteiger charge is -2.18. The number of hydrogen-bond acceptors (Lipinski definition) is 3. The van der Waals surface area contributed by atoms with E-state index >= 15 is 0 Å².